The standard InChI is InChI=1S/C17H23N3O4/c1-12(21)18-13-5-4-6-14(11-13)19-15(22)17(2,3)16(23)20-7-9-24-10-8-20/h4-6,11H,7-10H2,1-3H3,(H,18,21)(H,19,22). The number of hydrogen-bond donors (Lipinski definition) is 2. The van der Waals surface area contributed by atoms with Gasteiger partial charge in [0.25, 0.3) is 0 Å². The van der Waals surface area contributed by atoms with E-state index in [4.69, 9.17) is 4.74 Å². The van der Waals surface area contributed by atoms with Crippen molar-refractivity contribution >= 4 is 29.1 Å². The molecule has 7 nitrogen and oxygen atoms in total. The molecule has 0 radical (unpaired) electrons. The molecule has 1 aromatic carbocycles. The van der Waals surface area contributed by atoms with Gasteiger partial charge in [-0.15, -0.1) is 0 Å². The molecule has 1 aromatic rings. The summed E-state index contributed by atoms with van der Waals surface area (Å²) in [4.78, 5) is 38.0. The van der Waals surface area contributed by atoms with Gasteiger partial charge in [-0.3, -0.25) is 14.4 Å². The van der Waals surface area contributed by atoms with Crippen LogP contribution in [0.15, 0.2) is 24.3 Å². The summed E-state index contributed by atoms with van der Waals surface area (Å²) in [7, 11) is 0. The van der Waals surface area contributed by atoms with E-state index in [0.29, 0.717) is 37.7 Å². The zero-order valence-corrected chi connectivity index (χ0v) is 14.2. The molecule has 130 valence electrons. The van der Waals surface area contributed by atoms with Crippen molar-refractivity contribution in [1.82, 2.24) is 4.90 Å². The van der Waals surface area contributed by atoms with Gasteiger partial charge in [-0.1, -0.05) is 6.07 Å². The highest BCUT2D eigenvalue weighted by molar-refractivity contribution is 6.10. The number of anilines is 2. The summed E-state index contributed by atoms with van der Waals surface area (Å²) in [6, 6.07) is 6.80. The number of ether oxygens (including phenoxy) is 1. The molecule has 1 aliphatic rings. The van der Waals surface area contributed by atoms with E-state index in [1.54, 1.807) is 43.0 Å². The molecular weight excluding hydrogens is 310 g/mol. The SMILES string of the molecule is CC(=O)Nc1cccc(NC(=O)C(C)(C)C(=O)N2CCOCC2)c1. The van der Waals surface area contributed by atoms with Crippen LogP contribution in [0.1, 0.15) is 20.8 Å². The van der Waals surface area contributed by atoms with Crippen molar-refractivity contribution in [2.45, 2.75) is 20.8 Å². The summed E-state index contributed by atoms with van der Waals surface area (Å²) in [5.41, 5.74) is -0.0897. The Kier molecular flexibility index (Phi) is 5.56. The highest BCUT2D eigenvalue weighted by Gasteiger charge is 2.39. The van der Waals surface area contributed by atoms with Crippen molar-refractivity contribution < 1.29 is 19.1 Å². The van der Waals surface area contributed by atoms with E-state index in [1.165, 1.54) is 6.92 Å². The predicted octanol–water partition coefficient (Wildman–Crippen LogP) is 1.47. The summed E-state index contributed by atoms with van der Waals surface area (Å²) < 4.78 is 5.23. The molecule has 24 heavy (non-hydrogen) atoms. The van der Waals surface area contributed by atoms with Crippen molar-refractivity contribution in [1.29, 1.82) is 0 Å². The minimum atomic E-state index is -1.19. The minimum absolute atomic E-state index is 0.193. The van der Waals surface area contributed by atoms with Crippen LogP contribution in [-0.2, 0) is 19.1 Å². The second-order valence-corrected chi connectivity index (χ2v) is 6.25. The topological polar surface area (TPSA) is 87.7 Å². The molecule has 1 fully saturated rings. The predicted molar refractivity (Wildman–Crippen MR) is 90.6 cm³/mol. The molecule has 0 saturated carbocycles. The quantitative estimate of drug-likeness (QED) is 0.817. The lowest BCUT2D eigenvalue weighted by Gasteiger charge is -2.33. The lowest BCUT2D eigenvalue weighted by molar-refractivity contribution is -0.149. The van der Waals surface area contributed by atoms with E-state index < -0.39 is 5.41 Å². The Labute approximate surface area is 141 Å². The van der Waals surface area contributed by atoms with Gasteiger partial charge in [-0.05, 0) is 32.0 Å². The van der Waals surface area contributed by atoms with E-state index >= 15 is 0 Å². The molecule has 1 saturated heterocycles. The van der Waals surface area contributed by atoms with Crippen LogP contribution in [0, 0.1) is 5.41 Å². The van der Waals surface area contributed by atoms with Crippen LogP contribution in [-0.4, -0.2) is 48.9 Å². The number of morpholine rings is 1. The van der Waals surface area contributed by atoms with Crippen LogP contribution in [0.3, 0.4) is 0 Å². The van der Waals surface area contributed by atoms with Crippen molar-refractivity contribution in [3.05, 3.63) is 24.3 Å². The molecule has 0 spiro atoms. The van der Waals surface area contributed by atoms with Crippen LogP contribution in [0.25, 0.3) is 0 Å². The van der Waals surface area contributed by atoms with Gasteiger partial charge in [0.1, 0.15) is 5.41 Å². The molecule has 2 N–H and O–H groups in total. The molecule has 0 bridgehead atoms. The number of hydrogen-bond acceptors (Lipinski definition) is 4. The largest absolute Gasteiger partial charge is 0.378 e. The van der Waals surface area contributed by atoms with Gasteiger partial charge in [0.05, 0.1) is 13.2 Å². The van der Waals surface area contributed by atoms with Crippen LogP contribution < -0.4 is 10.6 Å². The summed E-state index contributed by atoms with van der Waals surface area (Å²) in [6.45, 7) is 6.59. The van der Waals surface area contributed by atoms with Gasteiger partial charge in [0.2, 0.25) is 17.7 Å². The van der Waals surface area contributed by atoms with Crippen LogP contribution in [0.4, 0.5) is 11.4 Å². The fraction of sp³-hybridized carbons (Fsp3) is 0.471. The third kappa shape index (κ3) is 4.32. The van der Waals surface area contributed by atoms with Gasteiger partial charge < -0.3 is 20.3 Å². The molecule has 1 aliphatic heterocycles. The van der Waals surface area contributed by atoms with Crippen LogP contribution >= 0.6 is 0 Å². The number of carbonyl (C=O) groups is 3. The Bertz CT molecular complexity index is 636. The maximum Gasteiger partial charge on any atom is 0.239 e. The number of nitrogens with zero attached hydrogens (tertiary/aromatic N) is 1. The van der Waals surface area contributed by atoms with Crippen molar-refractivity contribution in [3.8, 4) is 0 Å². The fourth-order valence-electron chi connectivity index (χ4n) is 2.42. The Morgan fingerprint density at radius 1 is 1.08 bits per heavy atom. The Morgan fingerprint density at radius 2 is 1.67 bits per heavy atom. The monoisotopic (exact) mass is 333 g/mol. The zero-order valence-electron chi connectivity index (χ0n) is 14.2. The minimum Gasteiger partial charge on any atom is -0.378 e. The summed E-state index contributed by atoms with van der Waals surface area (Å²) in [6.07, 6.45) is 0. The second-order valence-electron chi connectivity index (χ2n) is 6.25. The third-order valence-corrected chi connectivity index (χ3v) is 3.84. The average molecular weight is 333 g/mol. The van der Waals surface area contributed by atoms with Gasteiger partial charge >= 0.3 is 0 Å². The van der Waals surface area contributed by atoms with E-state index in [1.807, 2.05) is 0 Å². The molecule has 3 amide bonds. The van der Waals surface area contributed by atoms with E-state index in [-0.39, 0.29) is 17.7 Å². The number of rotatable bonds is 4. The number of carbonyl (C=O) groups excluding carboxylic acids is 3. The van der Waals surface area contributed by atoms with E-state index in [0.717, 1.165) is 0 Å². The van der Waals surface area contributed by atoms with Gasteiger partial charge in [-0.2, -0.15) is 0 Å². The summed E-state index contributed by atoms with van der Waals surface area (Å²) in [5.74, 6) is -0.804. The molecular formula is C17H23N3O4. The number of nitrogens with one attached hydrogen (secondary N) is 2. The first-order chi connectivity index (χ1) is 11.3. The Balaban J connectivity index is 2.07. The first kappa shape index (κ1) is 17.9. The molecule has 0 unspecified atom stereocenters. The van der Waals surface area contributed by atoms with Crippen LogP contribution in [0.2, 0.25) is 0 Å². The van der Waals surface area contributed by atoms with E-state index in [2.05, 4.69) is 10.6 Å². The van der Waals surface area contributed by atoms with Crippen LogP contribution in [0.5, 0.6) is 0 Å². The zero-order chi connectivity index (χ0) is 17.7. The maximum absolute atomic E-state index is 12.6. The second kappa shape index (κ2) is 7.44. The lowest BCUT2D eigenvalue weighted by Crippen LogP contribution is -2.51. The van der Waals surface area contributed by atoms with Crippen molar-refractivity contribution in [2.24, 2.45) is 5.41 Å². The smallest absolute Gasteiger partial charge is 0.239 e. The Morgan fingerprint density at radius 3 is 2.25 bits per heavy atom. The van der Waals surface area contributed by atoms with Crippen molar-refractivity contribution in [3.63, 3.8) is 0 Å². The van der Waals surface area contributed by atoms with Gasteiger partial charge in [0.15, 0.2) is 0 Å². The normalized spacial score (nSPS) is 14.9. The molecule has 0 aliphatic carbocycles. The molecule has 0 atom stereocenters. The third-order valence-electron chi connectivity index (χ3n) is 3.84. The Hall–Kier alpha value is -2.41. The lowest BCUT2D eigenvalue weighted by atomic mass is 9.90. The van der Waals surface area contributed by atoms with E-state index in [9.17, 15) is 14.4 Å². The number of benzene rings is 1. The average Bonchev–Trinajstić information content (AvgIpc) is 2.54. The highest BCUT2D eigenvalue weighted by Crippen LogP contribution is 2.23. The fourth-order valence-corrected chi connectivity index (χ4v) is 2.42. The first-order valence-corrected chi connectivity index (χ1v) is 7.87. The first-order valence-electron chi connectivity index (χ1n) is 7.87. The molecule has 0 aromatic heterocycles. The van der Waals surface area contributed by atoms with Gasteiger partial charge in [-0.25, -0.2) is 0 Å². The molecule has 7 heteroatoms. The highest BCUT2D eigenvalue weighted by atomic mass is 16.5. The summed E-state index contributed by atoms with van der Waals surface area (Å²) >= 11 is 0. The maximum atomic E-state index is 12.6. The van der Waals surface area contributed by atoms with Gasteiger partial charge in [0, 0.05) is 31.4 Å². The molecule has 2 rings (SSSR count). The summed E-state index contributed by atoms with van der Waals surface area (Å²) in [5, 5.41) is 5.40. The molecule has 1 heterocycles. The number of amides is 3. The van der Waals surface area contributed by atoms with Crippen molar-refractivity contribution in [2.75, 3.05) is 36.9 Å².